The lowest BCUT2D eigenvalue weighted by atomic mass is 9.94. The molecule has 1 aliphatic heterocycles. The molecule has 158 valence electrons. The van der Waals surface area contributed by atoms with Crippen LogP contribution >= 0.6 is 0 Å². The van der Waals surface area contributed by atoms with Gasteiger partial charge in [-0.1, -0.05) is 29.8 Å². The van der Waals surface area contributed by atoms with E-state index in [0.717, 1.165) is 16.7 Å². The second kappa shape index (κ2) is 8.60. The van der Waals surface area contributed by atoms with Gasteiger partial charge in [-0.15, -0.1) is 0 Å². The molecule has 0 saturated heterocycles. The average molecular weight is 418 g/mol. The minimum absolute atomic E-state index is 0.123. The van der Waals surface area contributed by atoms with E-state index in [1.54, 1.807) is 36.4 Å². The highest BCUT2D eigenvalue weighted by Gasteiger charge is 2.34. The van der Waals surface area contributed by atoms with Crippen LogP contribution in [0.1, 0.15) is 40.0 Å². The molecule has 5 nitrogen and oxygen atoms in total. The Morgan fingerprint density at radius 3 is 2.48 bits per heavy atom. The summed E-state index contributed by atoms with van der Waals surface area (Å²) in [6.07, 6.45) is 0. The molecule has 0 aromatic heterocycles. The number of hydrogen-bond donors (Lipinski definition) is 1. The Morgan fingerprint density at radius 2 is 1.81 bits per heavy atom. The Labute approximate surface area is 180 Å². The van der Waals surface area contributed by atoms with E-state index in [2.05, 4.69) is 5.32 Å². The first-order valence-corrected chi connectivity index (χ1v) is 10.2. The van der Waals surface area contributed by atoms with E-state index < -0.39 is 6.04 Å². The smallest absolute Gasteiger partial charge is 0.255 e. The molecule has 1 heterocycles. The van der Waals surface area contributed by atoms with Gasteiger partial charge in [-0.2, -0.15) is 0 Å². The van der Waals surface area contributed by atoms with Crippen molar-refractivity contribution in [2.75, 3.05) is 18.5 Å². The molecule has 0 saturated carbocycles. The van der Waals surface area contributed by atoms with E-state index in [0.29, 0.717) is 23.6 Å². The fourth-order valence-corrected chi connectivity index (χ4v) is 3.85. The Hall–Kier alpha value is -3.67. The van der Waals surface area contributed by atoms with Crippen LogP contribution in [0.15, 0.2) is 66.7 Å². The van der Waals surface area contributed by atoms with Crippen molar-refractivity contribution in [2.45, 2.75) is 19.9 Å². The van der Waals surface area contributed by atoms with E-state index in [9.17, 15) is 14.0 Å². The number of carbonyl (C=O) groups is 2. The molecule has 0 fully saturated rings. The van der Waals surface area contributed by atoms with Crippen LogP contribution in [0.3, 0.4) is 0 Å². The molecule has 0 aliphatic carbocycles. The van der Waals surface area contributed by atoms with E-state index in [1.165, 1.54) is 17.0 Å². The topological polar surface area (TPSA) is 58.6 Å². The standard InChI is InChI=1S/C25H23FN2O3/c1-3-31-20-11-7-18(8-12-20)25(30)28-15-23(29)27-22-13-4-16(2)14-21(22)24(28)17-5-9-19(26)10-6-17/h4-14,24H,3,15H2,1-2H3,(H,27,29)/t24-/m0/s1. The molecule has 0 unspecified atom stereocenters. The van der Waals surface area contributed by atoms with Crippen LogP contribution in [-0.4, -0.2) is 29.9 Å². The molecule has 1 aliphatic rings. The Balaban J connectivity index is 1.82. The van der Waals surface area contributed by atoms with Crippen LogP contribution < -0.4 is 10.1 Å². The Morgan fingerprint density at radius 1 is 1.10 bits per heavy atom. The minimum atomic E-state index is -0.548. The van der Waals surface area contributed by atoms with Crippen molar-refractivity contribution >= 4 is 17.5 Å². The zero-order chi connectivity index (χ0) is 22.0. The van der Waals surface area contributed by atoms with Gasteiger partial charge in [0.05, 0.1) is 12.6 Å². The van der Waals surface area contributed by atoms with E-state index in [4.69, 9.17) is 4.74 Å². The van der Waals surface area contributed by atoms with Gasteiger partial charge in [-0.3, -0.25) is 9.59 Å². The lowest BCUT2D eigenvalue weighted by Gasteiger charge is -2.31. The van der Waals surface area contributed by atoms with E-state index in [-0.39, 0.29) is 24.2 Å². The van der Waals surface area contributed by atoms with E-state index in [1.807, 2.05) is 32.0 Å². The highest BCUT2D eigenvalue weighted by Crippen LogP contribution is 2.37. The predicted octanol–water partition coefficient (Wildman–Crippen LogP) is 4.72. The van der Waals surface area contributed by atoms with Gasteiger partial charge >= 0.3 is 0 Å². The summed E-state index contributed by atoms with van der Waals surface area (Å²) < 4.78 is 19.1. The highest BCUT2D eigenvalue weighted by atomic mass is 19.1. The normalized spacial score (nSPS) is 15.6. The zero-order valence-corrected chi connectivity index (χ0v) is 17.4. The lowest BCUT2D eigenvalue weighted by Crippen LogP contribution is -2.39. The van der Waals surface area contributed by atoms with Crippen LogP contribution in [0.5, 0.6) is 5.75 Å². The Kier molecular flexibility index (Phi) is 5.71. The van der Waals surface area contributed by atoms with Gasteiger partial charge in [0.1, 0.15) is 18.1 Å². The number of ether oxygens (including phenoxy) is 1. The fraction of sp³-hybridized carbons (Fsp3) is 0.200. The summed E-state index contributed by atoms with van der Waals surface area (Å²) in [7, 11) is 0. The molecule has 0 spiro atoms. The van der Waals surface area contributed by atoms with Crippen LogP contribution in [0.4, 0.5) is 10.1 Å². The van der Waals surface area contributed by atoms with Crippen LogP contribution in [-0.2, 0) is 4.79 Å². The van der Waals surface area contributed by atoms with Gasteiger partial charge in [0, 0.05) is 16.8 Å². The van der Waals surface area contributed by atoms with Gasteiger partial charge in [0.15, 0.2) is 0 Å². The molecule has 2 amide bonds. The van der Waals surface area contributed by atoms with Gasteiger partial charge in [-0.05, 0) is 61.9 Å². The van der Waals surface area contributed by atoms with Crippen molar-refractivity contribution in [1.82, 2.24) is 4.90 Å². The first kappa shape index (κ1) is 20.6. The van der Waals surface area contributed by atoms with Crippen molar-refractivity contribution in [2.24, 2.45) is 0 Å². The third kappa shape index (κ3) is 4.28. The summed E-state index contributed by atoms with van der Waals surface area (Å²) in [5, 5.41) is 2.90. The summed E-state index contributed by atoms with van der Waals surface area (Å²) in [4.78, 5) is 27.7. The average Bonchev–Trinajstić information content (AvgIpc) is 2.90. The summed E-state index contributed by atoms with van der Waals surface area (Å²) in [6.45, 7) is 4.25. The Bertz CT molecular complexity index is 1110. The molecule has 1 N–H and O–H groups in total. The maximum absolute atomic E-state index is 13.6. The van der Waals surface area contributed by atoms with Gasteiger partial charge < -0.3 is 15.0 Å². The van der Waals surface area contributed by atoms with Crippen LogP contribution in [0, 0.1) is 12.7 Å². The lowest BCUT2D eigenvalue weighted by molar-refractivity contribution is -0.117. The monoisotopic (exact) mass is 418 g/mol. The van der Waals surface area contributed by atoms with Crippen molar-refractivity contribution in [1.29, 1.82) is 0 Å². The zero-order valence-electron chi connectivity index (χ0n) is 17.4. The SMILES string of the molecule is CCOc1ccc(C(=O)N2CC(=O)Nc3ccc(C)cc3[C@@H]2c2ccc(F)cc2)cc1. The number of carbonyl (C=O) groups excluding carboxylic acids is 2. The maximum atomic E-state index is 13.6. The van der Waals surface area contributed by atoms with Crippen molar-refractivity contribution in [3.8, 4) is 5.75 Å². The number of nitrogens with one attached hydrogen (secondary N) is 1. The number of amides is 2. The first-order chi connectivity index (χ1) is 15.0. The molecule has 3 aromatic carbocycles. The number of halogens is 1. The number of nitrogens with zero attached hydrogens (tertiary/aromatic N) is 1. The highest BCUT2D eigenvalue weighted by molar-refractivity contribution is 6.01. The third-order valence-corrected chi connectivity index (χ3v) is 5.26. The second-order valence-corrected chi connectivity index (χ2v) is 7.48. The number of aryl methyl sites for hydroxylation is 1. The molecular weight excluding hydrogens is 395 g/mol. The maximum Gasteiger partial charge on any atom is 0.255 e. The van der Waals surface area contributed by atoms with Gasteiger partial charge in [-0.25, -0.2) is 4.39 Å². The molecule has 3 aromatic rings. The van der Waals surface area contributed by atoms with Crippen LogP contribution in [0.25, 0.3) is 0 Å². The van der Waals surface area contributed by atoms with Gasteiger partial charge in [0.25, 0.3) is 5.91 Å². The molecule has 0 radical (unpaired) electrons. The predicted molar refractivity (Wildman–Crippen MR) is 117 cm³/mol. The second-order valence-electron chi connectivity index (χ2n) is 7.48. The van der Waals surface area contributed by atoms with Crippen molar-refractivity contribution in [3.63, 3.8) is 0 Å². The number of rotatable bonds is 4. The quantitative estimate of drug-likeness (QED) is 0.667. The summed E-state index contributed by atoms with van der Waals surface area (Å²) in [6, 6.07) is 18.0. The largest absolute Gasteiger partial charge is 0.494 e. The third-order valence-electron chi connectivity index (χ3n) is 5.26. The molecule has 0 bridgehead atoms. The summed E-state index contributed by atoms with van der Waals surface area (Å²) in [5.74, 6) is -0.264. The van der Waals surface area contributed by atoms with Crippen molar-refractivity contribution < 1.29 is 18.7 Å². The molecule has 4 rings (SSSR count). The van der Waals surface area contributed by atoms with E-state index >= 15 is 0 Å². The summed E-state index contributed by atoms with van der Waals surface area (Å²) in [5.41, 5.74) is 3.60. The molecular formula is C25H23FN2O3. The number of hydrogen-bond acceptors (Lipinski definition) is 3. The molecule has 1 atom stereocenters. The van der Waals surface area contributed by atoms with Crippen molar-refractivity contribution in [3.05, 3.63) is 94.8 Å². The molecule has 31 heavy (non-hydrogen) atoms. The first-order valence-electron chi connectivity index (χ1n) is 10.2. The fourth-order valence-electron chi connectivity index (χ4n) is 3.85. The van der Waals surface area contributed by atoms with Crippen LogP contribution in [0.2, 0.25) is 0 Å². The number of fused-ring (bicyclic) bond motifs is 1. The molecule has 6 heteroatoms. The minimum Gasteiger partial charge on any atom is -0.494 e. The number of anilines is 1. The van der Waals surface area contributed by atoms with Gasteiger partial charge in [0.2, 0.25) is 5.91 Å². The summed E-state index contributed by atoms with van der Waals surface area (Å²) >= 11 is 0. The number of benzene rings is 3.